The fourth-order valence-electron chi connectivity index (χ4n) is 3.63. The van der Waals surface area contributed by atoms with E-state index >= 15 is 0 Å². The van der Waals surface area contributed by atoms with Crippen LogP contribution < -0.4 is 24.3 Å². The zero-order valence-electron chi connectivity index (χ0n) is 20.3. The predicted molar refractivity (Wildman–Crippen MR) is 134 cm³/mol. The Morgan fingerprint density at radius 1 is 1.03 bits per heavy atom. The van der Waals surface area contributed by atoms with Crippen LogP contribution in [-0.2, 0) is 0 Å². The molecule has 0 radical (unpaired) electrons. The lowest BCUT2D eigenvalue weighted by Gasteiger charge is -2.12. The number of carbonyl (C=O) groups is 1. The number of amides is 1. The number of ether oxygens (including phenoxy) is 4. The summed E-state index contributed by atoms with van der Waals surface area (Å²) in [5, 5.41) is 14.4. The van der Waals surface area contributed by atoms with E-state index < -0.39 is 5.91 Å². The lowest BCUT2D eigenvalue weighted by molar-refractivity contribution is 0.101. The number of carbonyl (C=O) groups excluding carboxylic acids is 1. The van der Waals surface area contributed by atoms with Gasteiger partial charge in [0.05, 0.1) is 44.9 Å². The molecule has 0 atom stereocenters. The molecule has 12 heteroatoms. The second-order valence-corrected chi connectivity index (χ2v) is 7.64. The Bertz CT molecular complexity index is 1530. The van der Waals surface area contributed by atoms with Crippen LogP contribution in [0.5, 0.6) is 28.7 Å². The lowest BCUT2D eigenvalue weighted by Crippen LogP contribution is -2.15. The van der Waals surface area contributed by atoms with Crippen molar-refractivity contribution >= 4 is 22.6 Å². The van der Waals surface area contributed by atoms with E-state index in [1.54, 1.807) is 69.3 Å². The van der Waals surface area contributed by atoms with Crippen LogP contribution in [0.2, 0.25) is 0 Å². The number of pyridine rings is 2. The molecule has 0 bridgehead atoms. The molecule has 0 saturated carbocycles. The van der Waals surface area contributed by atoms with Gasteiger partial charge in [0.25, 0.3) is 5.91 Å². The van der Waals surface area contributed by atoms with E-state index in [1.165, 1.54) is 10.9 Å². The summed E-state index contributed by atoms with van der Waals surface area (Å²) in [7, 11) is 3.13. The van der Waals surface area contributed by atoms with E-state index in [2.05, 4.69) is 30.6 Å². The summed E-state index contributed by atoms with van der Waals surface area (Å²) in [6, 6.07) is 8.66. The topological polar surface area (TPSA) is 138 Å². The average molecular weight is 502 g/mol. The second-order valence-electron chi connectivity index (χ2n) is 7.64. The van der Waals surface area contributed by atoms with Gasteiger partial charge in [-0.2, -0.15) is 10.2 Å². The van der Waals surface area contributed by atoms with E-state index in [4.69, 9.17) is 18.9 Å². The molecule has 1 amide bonds. The second kappa shape index (κ2) is 10.2. The van der Waals surface area contributed by atoms with Gasteiger partial charge in [-0.05, 0) is 31.2 Å². The number of rotatable bonds is 9. The predicted octanol–water partition coefficient (Wildman–Crippen LogP) is 4.00. The molecule has 0 saturated heterocycles. The SMILES string of the molecule is CCOc1cn(-c2cn[nH]c2)nc1C(=O)Nc1ccc(Oc2ccnc3cc(OC)c(OC)cc23)cn1. The first-order chi connectivity index (χ1) is 18.1. The van der Waals surface area contributed by atoms with Crippen molar-refractivity contribution in [1.82, 2.24) is 29.9 Å². The molecule has 12 nitrogen and oxygen atoms in total. The van der Waals surface area contributed by atoms with Crippen molar-refractivity contribution in [2.24, 2.45) is 0 Å². The third-order valence-electron chi connectivity index (χ3n) is 5.36. The van der Waals surface area contributed by atoms with Crippen LogP contribution in [0.3, 0.4) is 0 Å². The van der Waals surface area contributed by atoms with Gasteiger partial charge in [-0.15, -0.1) is 0 Å². The number of nitrogens with zero attached hydrogens (tertiary/aromatic N) is 5. The molecule has 0 spiro atoms. The number of fused-ring (bicyclic) bond motifs is 1. The molecule has 0 aliphatic carbocycles. The molecule has 188 valence electrons. The summed E-state index contributed by atoms with van der Waals surface area (Å²) in [6.45, 7) is 2.21. The molecule has 1 aromatic carbocycles. The Labute approximate surface area is 211 Å². The Morgan fingerprint density at radius 2 is 1.86 bits per heavy atom. The molecular weight excluding hydrogens is 478 g/mol. The molecule has 5 rings (SSSR count). The van der Waals surface area contributed by atoms with Gasteiger partial charge >= 0.3 is 0 Å². The molecule has 4 aromatic heterocycles. The normalized spacial score (nSPS) is 10.8. The summed E-state index contributed by atoms with van der Waals surface area (Å²) in [4.78, 5) is 21.6. The fourth-order valence-corrected chi connectivity index (χ4v) is 3.63. The standard InChI is InChI=1S/C25H23N7O5/c1-4-36-22-14-32(15-11-28-29-12-15)31-24(22)25(33)30-23-6-5-16(13-27-23)37-19-7-8-26-18-10-21(35-3)20(34-2)9-17(18)19/h5-14H,4H2,1-3H3,(H,28,29)(H,27,30,33). The van der Waals surface area contributed by atoms with Gasteiger partial charge in [-0.1, -0.05) is 0 Å². The fraction of sp³-hybridized carbons (Fsp3) is 0.160. The van der Waals surface area contributed by atoms with Crippen LogP contribution in [0.1, 0.15) is 17.4 Å². The van der Waals surface area contributed by atoms with Gasteiger partial charge in [-0.3, -0.25) is 14.9 Å². The first-order valence-electron chi connectivity index (χ1n) is 11.3. The summed E-state index contributed by atoms with van der Waals surface area (Å²) < 4.78 is 23.9. The third-order valence-corrected chi connectivity index (χ3v) is 5.36. The lowest BCUT2D eigenvalue weighted by atomic mass is 10.2. The molecule has 37 heavy (non-hydrogen) atoms. The first-order valence-corrected chi connectivity index (χ1v) is 11.3. The molecule has 4 heterocycles. The van der Waals surface area contributed by atoms with Crippen LogP contribution in [0.4, 0.5) is 5.82 Å². The largest absolute Gasteiger partial charge is 0.493 e. The van der Waals surface area contributed by atoms with Gasteiger partial charge in [0, 0.05) is 23.8 Å². The maximum Gasteiger partial charge on any atom is 0.281 e. The number of benzene rings is 1. The van der Waals surface area contributed by atoms with Crippen LogP contribution in [-0.4, -0.2) is 56.7 Å². The van der Waals surface area contributed by atoms with Crippen LogP contribution in [0.15, 0.2) is 61.3 Å². The van der Waals surface area contributed by atoms with Crippen LogP contribution in [0.25, 0.3) is 16.6 Å². The minimum atomic E-state index is -0.465. The highest BCUT2D eigenvalue weighted by Gasteiger charge is 2.20. The number of hydrogen-bond donors (Lipinski definition) is 2. The highest BCUT2D eigenvalue weighted by atomic mass is 16.5. The van der Waals surface area contributed by atoms with Gasteiger partial charge in [0.2, 0.25) is 0 Å². The molecule has 2 N–H and O–H groups in total. The van der Waals surface area contributed by atoms with Gasteiger partial charge in [0.1, 0.15) is 23.0 Å². The van der Waals surface area contributed by atoms with Crippen molar-refractivity contribution in [3.05, 3.63) is 67.0 Å². The van der Waals surface area contributed by atoms with E-state index in [-0.39, 0.29) is 5.69 Å². The van der Waals surface area contributed by atoms with Crippen molar-refractivity contribution in [3.63, 3.8) is 0 Å². The van der Waals surface area contributed by atoms with E-state index in [0.717, 1.165) is 5.39 Å². The minimum Gasteiger partial charge on any atom is -0.493 e. The summed E-state index contributed by atoms with van der Waals surface area (Å²) in [5.74, 6) is 2.37. The van der Waals surface area contributed by atoms with Gasteiger partial charge < -0.3 is 24.3 Å². The van der Waals surface area contributed by atoms with Crippen molar-refractivity contribution in [2.45, 2.75) is 6.92 Å². The Balaban J connectivity index is 1.34. The molecular formula is C25H23N7O5. The van der Waals surface area contributed by atoms with Crippen molar-refractivity contribution in [1.29, 1.82) is 0 Å². The maximum atomic E-state index is 12.9. The molecule has 0 unspecified atom stereocenters. The Morgan fingerprint density at radius 3 is 2.57 bits per heavy atom. The summed E-state index contributed by atoms with van der Waals surface area (Å²) >= 11 is 0. The minimum absolute atomic E-state index is 0.123. The number of aromatic amines is 1. The smallest absolute Gasteiger partial charge is 0.281 e. The van der Waals surface area contributed by atoms with E-state index in [0.29, 0.717) is 52.4 Å². The average Bonchev–Trinajstić information content (AvgIpc) is 3.60. The van der Waals surface area contributed by atoms with Gasteiger partial charge in [-0.25, -0.2) is 9.67 Å². The van der Waals surface area contributed by atoms with Crippen LogP contribution in [0, 0.1) is 0 Å². The number of nitrogens with one attached hydrogen (secondary N) is 2. The Hall–Kier alpha value is -5.13. The number of anilines is 1. The molecule has 5 aromatic rings. The summed E-state index contributed by atoms with van der Waals surface area (Å²) in [5.41, 5.74) is 1.48. The monoisotopic (exact) mass is 501 g/mol. The van der Waals surface area contributed by atoms with Crippen molar-refractivity contribution in [3.8, 4) is 34.4 Å². The number of H-pyrrole nitrogens is 1. The van der Waals surface area contributed by atoms with E-state index in [9.17, 15) is 4.79 Å². The zero-order valence-corrected chi connectivity index (χ0v) is 20.3. The number of hydrogen-bond acceptors (Lipinski definition) is 9. The van der Waals surface area contributed by atoms with Crippen LogP contribution >= 0.6 is 0 Å². The zero-order chi connectivity index (χ0) is 25.8. The highest BCUT2D eigenvalue weighted by Crippen LogP contribution is 2.36. The quantitative estimate of drug-likeness (QED) is 0.307. The third kappa shape index (κ3) is 4.85. The molecule has 0 aliphatic rings. The van der Waals surface area contributed by atoms with Gasteiger partial charge in [0.15, 0.2) is 22.9 Å². The number of aromatic nitrogens is 6. The maximum absolute atomic E-state index is 12.9. The summed E-state index contributed by atoms with van der Waals surface area (Å²) in [6.07, 6.45) is 8.02. The van der Waals surface area contributed by atoms with Crippen molar-refractivity contribution < 1.29 is 23.7 Å². The van der Waals surface area contributed by atoms with Crippen molar-refractivity contribution in [2.75, 3.05) is 26.1 Å². The Kier molecular flexibility index (Phi) is 6.53. The first kappa shape index (κ1) is 23.6. The molecule has 0 aliphatic heterocycles. The number of methoxy groups -OCH3 is 2. The van der Waals surface area contributed by atoms with E-state index in [1.807, 2.05) is 6.92 Å². The highest BCUT2D eigenvalue weighted by molar-refractivity contribution is 6.04. The molecule has 0 fully saturated rings.